The molecular weight excluding hydrogens is 320 g/mol. The smallest absolute Gasteiger partial charge is 0.305 e. The highest BCUT2D eigenvalue weighted by Crippen LogP contribution is 2.05. The Bertz CT molecular complexity index is 271. The predicted octanol–water partition coefficient (Wildman–Crippen LogP) is 4.52. The first-order valence-electron chi connectivity index (χ1n) is 10.2. The monoisotopic (exact) mass is 360 g/mol. The molecule has 0 saturated carbocycles. The molecular formula is C20H40O5. The van der Waals surface area contributed by atoms with Crippen molar-refractivity contribution in [3.05, 3.63) is 0 Å². The van der Waals surface area contributed by atoms with Gasteiger partial charge in [0, 0.05) is 13.0 Å². The Hall–Kier alpha value is -0.650. The minimum Gasteiger partial charge on any atom is -0.463 e. The van der Waals surface area contributed by atoms with Crippen molar-refractivity contribution >= 4 is 5.97 Å². The molecule has 0 aromatic rings. The zero-order valence-electron chi connectivity index (χ0n) is 16.6. The Labute approximate surface area is 154 Å². The van der Waals surface area contributed by atoms with Gasteiger partial charge in [-0.25, -0.2) is 0 Å². The van der Waals surface area contributed by atoms with E-state index in [0.717, 1.165) is 25.9 Å². The van der Waals surface area contributed by atoms with E-state index in [1.165, 1.54) is 38.5 Å². The van der Waals surface area contributed by atoms with E-state index in [1.807, 2.05) is 0 Å². The summed E-state index contributed by atoms with van der Waals surface area (Å²) in [6.07, 6.45) is 11.1. The van der Waals surface area contributed by atoms with Crippen molar-refractivity contribution in [1.82, 2.24) is 0 Å². The molecule has 0 N–H and O–H groups in total. The molecule has 0 amide bonds. The molecule has 0 aromatic carbocycles. The van der Waals surface area contributed by atoms with Crippen LogP contribution in [0.25, 0.3) is 0 Å². The van der Waals surface area contributed by atoms with Crippen LogP contribution in [0.1, 0.15) is 78.1 Å². The van der Waals surface area contributed by atoms with Crippen LogP contribution < -0.4 is 0 Å². The van der Waals surface area contributed by atoms with E-state index in [2.05, 4.69) is 13.8 Å². The zero-order chi connectivity index (χ0) is 18.4. The van der Waals surface area contributed by atoms with Crippen LogP contribution in [0, 0.1) is 0 Å². The van der Waals surface area contributed by atoms with Crippen molar-refractivity contribution in [1.29, 1.82) is 0 Å². The van der Waals surface area contributed by atoms with E-state index >= 15 is 0 Å². The van der Waals surface area contributed by atoms with E-state index < -0.39 is 0 Å². The fourth-order valence-corrected chi connectivity index (χ4v) is 2.33. The largest absolute Gasteiger partial charge is 0.463 e. The van der Waals surface area contributed by atoms with E-state index in [1.54, 1.807) is 0 Å². The maximum Gasteiger partial charge on any atom is 0.305 e. The average Bonchev–Trinajstić information content (AvgIpc) is 2.62. The van der Waals surface area contributed by atoms with Gasteiger partial charge in [0.1, 0.15) is 6.61 Å². The summed E-state index contributed by atoms with van der Waals surface area (Å²) in [5, 5.41) is 0. The molecule has 0 aliphatic heterocycles. The van der Waals surface area contributed by atoms with Crippen molar-refractivity contribution in [2.24, 2.45) is 0 Å². The number of carbonyl (C=O) groups is 1. The minimum absolute atomic E-state index is 0.118. The molecule has 25 heavy (non-hydrogen) atoms. The second kappa shape index (κ2) is 21.4. The summed E-state index contributed by atoms with van der Waals surface area (Å²) in [5.41, 5.74) is 0. The normalized spacial score (nSPS) is 11.0. The fourth-order valence-electron chi connectivity index (χ4n) is 2.33. The van der Waals surface area contributed by atoms with Gasteiger partial charge in [-0.15, -0.1) is 0 Å². The van der Waals surface area contributed by atoms with E-state index in [4.69, 9.17) is 18.9 Å². The number of hydrogen-bond donors (Lipinski definition) is 0. The first kappa shape index (κ1) is 24.4. The lowest BCUT2D eigenvalue weighted by atomic mass is 10.1. The van der Waals surface area contributed by atoms with Crippen molar-refractivity contribution in [2.45, 2.75) is 78.1 Å². The third-order valence-corrected chi connectivity index (χ3v) is 3.86. The third-order valence-electron chi connectivity index (χ3n) is 3.86. The molecule has 0 rings (SSSR count). The van der Waals surface area contributed by atoms with E-state index in [-0.39, 0.29) is 5.97 Å². The molecule has 0 saturated heterocycles. The van der Waals surface area contributed by atoms with Crippen LogP contribution >= 0.6 is 0 Å². The highest BCUT2D eigenvalue weighted by atomic mass is 16.6. The summed E-state index contributed by atoms with van der Waals surface area (Å²) in [6.45, 7) is 8.28. The molecule has 0 fully saturated rings. The molecule has 150 valence electrons. The van der Waals surface area contributed by atoms with Crippen LogP contribution in [0.4, 0.5) is 0 Å². The summed E-state index contributed by atoms with van der Waals surface area (Å²) < 4.78 is 21.4. The van der Waals surface area contributed by atoms with Gasteiger partial charge in [0.2, 0.25) is 0 Å². The molecule has 0 aliphatic carbocycles. The molecule has 5 nitrogen and oxygen atoms in total. The number of ether oxygens (including phenoxy) is 4. The topological polar surface area (TPSA) is 54.0 Å². The van der Waals surface area contributed by atoms with Gasteiger partial charge in [0.25, 0.3) is 0 Å². The Balaban J connectivity index is 3.09. The SMILES string of the molecule is CCCCCCCC(=O)OCCOCCOCCOCCCCCC. The number of carbonyl (C=O) groups excluding carboxylic acids is 1. The molecule has 0 spiro atoms. The van der Waals surface area contributed by atoms with Crippen LogP contribution in [0.15, 0.2) is 0 Å². The van der Waals surface area contributed by atoms with Crippen molar-refractivity contribution in [3.63, 3.8) is 0 Å². The first-order valence-corrected chi connectivity index (χ1v) is 10.2. The molecule has 0 heterocycles. The van der Waals surface area contributed by atoms with Crippen LogP contribution in [-0.4, -0.2) is 52.2 Å². The van der Waals surface area contributed by atoms with Gasteiger partial charge in [0.15, 0.2) is 0 Å². The predicted molar refractivity (Wildman–Crippen MR) is 101 cm³/mol. The highest BCUT2D eigenvalue weighted by molar-refractivity contribution is 5.69. The second-order valence-corrected chi connectivity index (χ2v) is 6.28. The third kappa shape index (κ3) is 21.3. The van der Waals surface area contributed by atoms with Crippen LogP contribution in [-0.2, 0) is 23.7 Å². The van der Waals surface area contributed by atoms with E-state index in [9.17, 15) is 4.79 Å². The summed E-state index contributed by atoms with van der Waals surface area (Å²) in [6, 6.07) is 0. The van der Waals surface area contributed by atoms with Gasteiger partial charge in [-0.1, -0.05) is 58.8 Å². The quantitative estimate of drug-likeness (QED) is 0.236. The molecule has 0 bridgehead atoms. The van der Waals surface area contributed by atoms with Crippen molar-refractivity contribution in [2.75, 3.05) is 46.2 Å². The lowest BCUT2D eigenvalue weighted by molar-refractivity contribution is -0.145. The summed E-state index contributed by atoms with van der Waals surface area (Å²) in [4.78, 5) is 11.5. The van der Waals surface area contributed by atoms with Crippen LogP contribution in [0.3, 0.4) is 0 Å². The minimum atomic E-state index is -0.118. The molecule has 0 unspecified atom stereocenters. The maximum atomic E-state index is 11.5. The Morgan fingerprint density at radius 2 is 1.04 bits per heavy atom. The molecule has 5 heteroatoms. The lowest BCUT2D eigenvalue weighted by Gasteiger charge is -2.07. The number of rotatable bonds is 20. The summed E-state index contributed by atoms with van der Waals surface area (Å²) in [7, 11) is 0. The Morgan fingerprint density at radius 3 is 1.64 bits per heavy atom. The van der Waals surface area contributed by atoms with Gasteiger partial charge >= 0.3 is 5.97 Å². The van der Waals surface area contributed by atoms with Crippen LogP contribution in [0.5, 0.6) is 0 Å². The summed E-state index contributed by atoms with van der Waals surface area (Å²) in [5.74, 6) is -0.118. The highest BCUT2D eigenvalue weighted by Gasteiger charge is 2.02. The number of unbranched alkanes of at least 4 members (excludes halogenated alkanes) is 7. The Morgan fingerprint density at radius 1 is 0.560 bits per heavy atom. The van der Waals surface area contributed by atoms with Crippen molar-refractivity contribution in [3.8, 4) is 0 Å². The second-order valence-electron chi connectivity index (χ2n) is 6.28. The average molecular weight is 361 g/mol. The van der Waals surface area contributed by atoms with Gasteiger partial charge in [-0.3, -0.25) is 4.79 Å². The first-order chi connectivity index (χ1) is 12.3. The van der Waals surface area contributed by atoms with Gasteiger partial charge in [-0.2, -0.15) is 0 Å². The van der Waals surface area contributed by atoms with E-state index in [0.29, 0.717) is 46.1 Å². The van der Waals surface area contributed by atoms with Crippen molar-refractivity contribution < 1.29 is 23.7 Å². The molecule has 0 aromatic heterocycles. The van der Waals surface area contributed by atoms with Gasteiger partial charge < -0.3 is 18.9 Å². The van der Waals surface area contributed by atoms with Gasteiger partial charge in [0.05, 0.1) is 33.0 Å². The zero-order valence-corrected chi connectivity index (χ0v) is 16.6. The lowest BCUT2D eigenvalue weighted by Crippen LogP contribution is -2.14. The molecule has 0 aliphatic rings. The van der Waals surface area contributed by atoms with Crippen LogP contribution in [0.2, 0.25) is 0 Å². The fraction of sp³-hybridized carbons (Fsp3) is 0.950. The standard InChI is InChI=1S/C20H40O5/c1-3-5-7-9-10-12-20(21)25-19-18-24-17-16-23-15-14-22-13-11-8-6-4-2/h3-19H2,1-2H3. The summed E-state index contributed by atoms with van der Waals surface area (Å²) >= 11 is 0. The maximum absolute atomic E-state index is 11.5. The number of hydrogen-bond acceptors (Lipinski definition) is 5. The number of esters is 1. The molecule has 0 radical (unpaired) electrons. The van der Waals surface area contributed by atoms with Gasteiger partial charge in [-0.05, 0) is 12.8 Å². The Kier molecular flexibility index (Phi) is 20.8. The molecule has 0 atom stereocenters.